The Labute approximate surface area is 93.9 Å². The molecule has 0 spiro atoms. The molecular formula is C11H16N2OS. The van der Waals surface area contributed by atoms with Gasteiger partial charge in [-0.1, -0.05) is 0 Å². The molecule has 2 heterocycles. The maximum Gasteiger partial charge on any atom is 0.224 e. The molecule has 1 amide bonds. The lowest BCUT2D eigenvalue weighted by Gasteiger charge is -2.14. The first-order valence-electron chi connectivity index (χ1n) is 5.29. The summed E-state index contributed by atoms with van der Waals surface area (Å²) in [6.07, 6.45) is 0.955. The summed E-state index contributed by atoms with van der Waals surface area (Å²) in [5.74, 6) is 0.322. The summed E-state index contributed by atoms with van der Waals surface area (Å²) in [6.45, 7) is 3.69. The first-order valence-corrected chi connectivity index (χ1v) is 6.24. The molecule has 1 aliphatic heterocycles. The van der Waals surface area contributed by atoms with Gasteiger partial charge in [-0.25, -0.2) is 0 Å². The van der Waals surface area contributed by atoms with Gasteiger partial charge in [-0.15, -0.1) is 0 Å². The minimum absolute atomic E-state index is 0.142. The van der Waals surface area contributed by atoms with Crippen LogP contribution in [0.5, 0.6) is 0 Å². The van der Waals surface area contributed by atoms with E-state index in [-0.39, 0.29) is 11.8 Å². The second-order valence-electron chi connectivity index (χ2n) is 3.99. The zero-order valence-corrected chi connectivity index (χ0v) is 9.64. The SMILES string of the molecule is CC1NCCC1C(=O)NCc1ccsc1. The van der Waals surface area contributed by atoms with E-state index in [1.54, 1.807) is 11.3 Å². The van der Waals surface area contributed by atoms with Gasteiger partial charge in [-0.3, -0.25) is 4.79 Å². The van der Waals surface area contributed by atoms with E-state index in [0.29, 0.717) is 12.6 Å². The predicted molar refractivity (Wildman–Crippen MR) is 61.7 cm³/mol. The summed E-state index contributed by atoms with van der Waals surface area (Å²) in [5, 5.41) is 10.4. The quantitative estimate of drug-likeness (QED) is 0.814. The van der Waals surface area contributed by atoms with Crippen LogP contribution in [0.25, 0.3) is 0 Å². The van der Waals surface area contributed by atoms with Crippen molar-refractivity contribution in [1.82, 2.24) is 10.6 Å². The Morgan fingerprint density at radius 2 is 2.60 bits per heavy atom. The molecule has 1 fully saturated rings. The molecule has 0 bridgehead atoms. The maximum absolute atomic E-state index is 11.8. The average molecular weight is 224 g/mol. The third-order valence-corrected chi connectivity index (χ3v) is 3.64. The second-order valence-corrected chi connectivity index (χ2v) is 4.77. The Balaban J connectivity index is 1.82. The normalized spacial score (nSPS) is 25.4. The lowest BCUT2D eigenvalue weighted by molar-refractivity contribution is -0.125. The van der Waals surface area contributed by atoms with Crippen LogP contribution in [0, 0.1) is 5.92 Å². The van der Waals surface area contributed by atoms with Crippen molar-refractivity contribution < 1.29 is 4.79 Å². The highest BCUT2D eigenvalue weighted by atomic mass is 32.1. The number of amides is 1. The van der Waals surface area contributed by atoms with Crippen LogP contribution in [-0.4, -0.2) is 18.5 Å². The van der Waals surface area contributed by atoms with Gasteiger partial charge in [0, 0.05) is 12.6 Å². The number of hydrogen-bond acceptors (Lipinski definition) is 3. The summed E-state index contributed by atoms with van der Waals surface area (Å²) in [5.41, 5.74) is 1.19. The van der Waals surface area contributed by atoms with Crippen molar-refractivity contribution >= 4 is 17.2 Å². The highest BCUT2D eigenvalue weighted by molar-refractivity contribution is 7.07. The molecular weight excluding hydrogens is 208 g/mol. The fourth-order valence-electron chi connectivity index (χ4n) is 1.93. The Bertz CT molecular complexity index is 323. The molecule has 0 saturated carbocycles. The van der Waals surface area contributed by atoms with Crippen LogP contribution >= 0.6 is 11.3 Å². The standard InChI is InChI=1S/C11H16N2OS/c1-8-10(2-4-12-8)11(14)13-6-9-3-5-15-7-9/h3,5,7-8,10,12H,2,4,6H2,1H3,(H,13,14). The lowest BCUT2D eigenvalue weighted by atomic mass is 10.0. The third kappa shape index (κ3) is 2.58. The molecule has 2 unspecified atom stereocenters. The molecule has 82 valence electrons. The molecule has 1 saturated heterocycles. The van der Waals surface area contributed by atoms with Crippen molar-refractivity contribution in [2.45, 2.75) is 25.9 Å². The van der Waals surface area contributed by atoms with E-state index < -0.39 is 0 Å². The topological polar surface area (TPSA) is 41.1 Å². The molecule has 0 aliphatic carbocycles. The van der Waals surface area contributed by atoms with Gasteiger partial charge in [0.15, 0.2) is 0 Å². The highest BCUT2D eigenvalue weighted by Crippen LogP contribution is 2.15. The first-order chi connectivity index (χ1) is 7.27. The van der Waals surface area contributed by atoms with Crippen LogP contribution in [-0.2, 0) is 11.3 Å². The number of nitrogens with one attached hydrogen (secondary N) is 2. The van der Waals surface area contributed by atoms with Crippen molar-refractivity contribution in [3.63, 3.8) is 0 Å². The zero-order valence-electron chi connectivity index (χ0n) is 8.82. The van der Waals surface area contributed by atoms with Crippen LogP contribution in [0.15, 0.2) is 16.8 Å². The molecule has 3 nitrogen and oxygen atoms in total. The monoisotopic (exact) mass is 224 g/mol. The minimum Gasteiger partial charge on any atom is -0.352 e. The van der Waals surface area contributed by atoms with Gasteiger partial charge >= 0.3 is 0 Å². The van der Waals surface area contributed by atoms with Crippen LogP contribution in [0.2, 0.25) is 0 Å². The molecule has 2 N–H and O–H groups in total. The van der Waals surface area contributed by atoms with Crippen LogP contribution in [0.4, 0.5) is 0 Å². The molecule has 15 heavy (non-hydrogen) atoms. The lowest BCUT2D eigenvalue weighted by Crippen LogP contribution is -2.36. The maximum atomic E-state index is 11.8. The van der Waals surface area contributed by atoms with E-state index in [1.807, 2.05) is 11.4 Å². The molecule has 1 aliphatic rings. The number of carbonyl (C=O) groups is 1. The molecule has 2 rings (SSSR count). The van der Waals surface area contributed by atoms with Crippen molar-refractivity contribution in [1.29, 1.82) is 0 Å². The fraction of sp³-hybridized carbons (Fsp3) is 0.545. The average Bonchev–Trinajstić information content (AvgIpc) is 2.84. The Morgan fingerprint density at radius 3 is 3.20 bits per heavy atom. The molecule has 0 radical (unpaired) electrons. The Kier molecular flexibility index (Phi) is 3.38. The van der Waals surface area contributed by atoms with E-state index in [4.69, 9.17) is 0 Å². The van der Waals surface area contributed by atoms with Crippen molar-refractivity contribution in [2.24, 2.45) is 5.92 Å². The minimum atomic E-state index is 0.142. The van der Waals surface area contributed by atoms with Crippen molar-refractivity contribution in [3.8, 4) is 0 Å². The first kappa shape index (κ1) is 10.6. The van der Waals surface area contributed by atoms with Crippen LogP contribution in [0.1, 0.15) is 18.9 Å². The number of carbonyl (C=O) groups excluding carboxylic acids is 1. The van der Waals surface area contributed by atoms with E-state index in [9.17, 15) is 4.79 Å². The van der Waals surface area contributed by atoms with Crippen molar-refractivity contribution in [3.05, 3.63) is 22.4 Å². The van der Waals surface area contributed by atoms with Crippen LogP contribution in [0.3, 0.4) is 0 Å². The van der Waals surface area contributed by atoms with Gasteiger partial charge in [0.2, 0.25) is 5.91 Å². The van der Waals surface area contributed by atoms with Crippen LogP contribution < -0.4 is 10.6 Å². The smallest absolute Gasteiger partial charge is 0.224 e. The summed E-state index contributed by atoms with van der Waals surface area (Å²) in [7, 11) is 0. The summed E-state index contributed by atoms with van der Waals surface area (Å²) < 4.78 is 0. The summed E-state index contributed by atoms with van der Waals surface area (Å²) in [4.78, 5) is 11.8. The summed E-state index contributed by atoms with van der Waals surface area (Å²) in [6, 6.07) is 2.36. The third-order valence-electron chi connectivity index (χ3n) is 2.91. The molecule has 4 heteroatoms. The zero-order chi connectivity index (χ0) is 10.7. The van der Waals surface area contributed by atoms with Gasteiger partial charge < -0.3 is 10.6 Å². The van der Waals surface area contributed by atoms with E-state index in [0.717, 1.165) is 13.0 Å². The second kappa shape index (κ2) is 4.77. The van der Waals surface area contributed by atoms with Gasteiger partial charge in [-0.05, 0) is 42.3 Å². The van der Waals surface area contributed by atoms with Gasteiger partial charge in [0.1, 0.15) is 0 Å². The molecule has 2 atom stereocenters. The number of thiophene rings is 1. The van der Waals surface area contributed by atoms with E-state index in [2.05, 4.69) is 22.9 Å². The largest absolute Gasteiger partial charge is 0.352 e. The van der Waals surface area contributed by atoms with E-state index >= 15 is 0 Å². The number of rotatable bonds is 3. The van der Waals surface area contributed by atoms with Crippen molar-refractivity contribution in [2.75, 3.05) is 6.54 Å². The molecule has 1 aromatic heterocycles. The Morgan fingerprint density at radius 1 is 1.73 bits per heavy atom. The Hall–Kier alpha value is -0.870. The van der Waals surface area contributed by atoms with Gasteiger partial charge in [-0.2, -0.15) is 11.3 Å². The highest BCUT2D eigenvalue weighted by Gasteiger charge is 2.28. The van der Waals surface area contributed by atoms with Gasteiger partial charge in [0.05, 0.1) is 5.92 Å². The summed E-state index contributed by atoms with van der Waals surface area (Å²) >= 11 is 1.66. The molecule has 1 aromatic rings. The fourth-order valence-corrected chi connectivity index (χ4v) is 2.60. The number of hydrogen-bond donors (Lipinski definition) is 2. The van der Waals surface area contributed by atoms with Gasteiger partial charge in [0.25, 0.3) is 0 Å². The predicted octanol–water partition coefficient (Wildman–Crippen LogP) is 1.36. The molecule has 0 aromatic carbocycles. The van der Waals surface area contributed by atoms with E-state index in [1.165, 1.54) is 5.56 Å².